The zero-order valence-corrected chi connectivity index (χ0v) is 7.22. The van der Waals surface area contributed by atoms with Crippen LogP contribution in [0.4, 0.5) is 0 Å². The molecule has 0 atom stereocenters. The summed E-state index contributed by atoms with van der Waals surface area (Å²) in [7, 11) is 1.89. The molecule has 1 rings (SSSR count). The van der Waals surface area contributed by atoms with E-state index in [9.17, 15) is 0 Å². The van der Waals surface area contributed by atoms with Gasteiger partial charge in [-0.25, -0.2) is 0 Å². The van der Waals surface area contributed by atoms with E-state index >= 15 is 0 Å². The van der Waals surface area contributed by atoms with Crippen LogP contribution in [0.5, 0.6) is 0 Å². The highest BCUT2D eigenvalue weighted by Crippen LogP contribution is 2.14. The monoisotopic (exact) mass is 154 g/mol. The van der Waals surface area contributed by atoms with Crippen molar-refractivity contribution in [1.82, 2.24) is 10.5 Å². The number of rotatable bonds is 3. The fraction of sp³-hybridized carbons (Fsp3) is 0.625. The average Bonchev–Trinajstić information content (AvgIpc) is 2.37. The SMILES string of the molecule is CNCc1cc(C(C)C)on1. The lowest BCUT2D eigenvalue weighted by Crippen LogP contribution is -2.04. The molecule has 0 saturated carbocycles. The summed E-state index contributed by atoms with van der Waals surface area (Å²) < 4.78 is 5.09. The van der Waals surface area contributed by atoms with Gasteiger partial charge in [-0.1, -0.05) is 19.0 Å². The van der Waals surface area contributed by atoms with Gasteiger partial charge in [0, 0.05) is 18.5 Å². The van der Waals surface area contributed by atoms with E-state index in [1.807, 2.05) is 13.1 Å². The first kappa shape index (κ1) is 8.27. The predicted octanol–water partition coefficient (Wildman–Crippen LogP) is 1.52. The third-order valence-electron chi connectivity index (χ3n) is 1.50. The van der Waals surface area contributed by atoms with Crippen molar-refractivity contribution in [3.8, 4) is 0 Å². The van der Waals surface area contributed by atoms with Crippen LogP contribution in [0.1, 0.15) is 31.2 Å². The molecule has 11 heavy (non-hydrogen) atoms. The molecular formula is C8H14N2O. The third-order valence-corrected chi connectivity index (χ3v) is 1.50. The molecule has 0 aliphatic carbocycles. The zero-order chi connectivity index (χ0) is 8.27. The molecule has 3 heteroatoms. The minimum atomic E-state index is 0.424. The van der Waals surface area contributed by atoms with Gasteiger partial charge >= 0.3 is 0 Å². The van der Waals surface area contributed by atoms with Crippen molar-refractivity contribution in [3.05, 3.63) is 17.5 Å². The van der Waals surface area contributed by atoms with Crippen LogP contribution >= 0.6 is 0 Å². The Balaban J connectivity index is 2.66. The Morgan fingerprint density at radius 3 is 2.82 bits per heavy atom. The van der Waals surface area contributed by atoms with Gasteiger partial charge in [-0.3, -0.25) is 0 Å². The topological polar surface area (TPSA) is 38.1 Å². The van der Waals surface area contributed by atoms with Crippen LogP contribution in [-0.2, 0) is 6.54 Å². The van der Waals surface area contributed by atoms with E-state index in [1.165, 1.54) is 0 Å². The first-order valence-electron chi connectivity index (χ1n) is 3.84. The standard InChI is InChI=1S/C8H14N2O/c1-6(2)8-4-7(5-9-3)10-11-8/h4,6,9H,5H2,1-3H3. The Hall–Kier alpha value is -0.830. The van der Waals surface area contributed by atoms with Crippen molar-refractivity contribution in [2.45, 2.75) is 26.3 Å². The second-order valence-corrected chi connectivity index (χ2v) is 2.91. The van der Waals surface area contributed by atoms with Gasteiger partial charge in [-0.15, -0.1) is 0 Å². The Morgan fingerprint density at radius 1 is 1.64 bits per heavy atom. The van der Waals surface area contributed by atoms with Crippen LogP contribution in [0, 0.1) is 0 Å². The van der Waals surface area contributed by atoms with Crippen LogP contribution in [0.25, 0.3) is 0 Å². The molecule has 0 saturated heterocycles. The maximum atomic E-state index is 5.09. The summed E-state index contributed by atoms with van der Waals surface area (Å²) in [4.78, 5) is 0. The lowest BCUT2D eigenvalue weighted by atomic mass is 10.1. The van der Waals surface area contributed by atoms with E-state index in [1.54, 1.807) is 0 Å². The zero-order valence-electron chi connectivity index (χ0n) is 7.22. The molecule has 0 aliphatic heterocycles. The molecule has 0 aliphatic rings. The normalized spacial score (nSPS) is 10.9. The number of hydrogen-bond donors (Lipinski definition) is 1. The van der Waals surface area contributed by atoms with Crippen LogP contribution in [0.3, 0.4) is 0 Å². The van der Waals surface area contributed by atoms with Gasteiger partial charge < -0.3 is 9.84 Å². The molecular weight excluding hydrogens is 140 g/mol. The maximum absolute atomic E-state index is 5.09. The summed E-state index contributed by atoms with van der Waals surface area (Å²) in [5, 5.41) is 6.90. The molecule has 1 N–H and O–H groups in total. The van der Waals surface area contributed by atoms with E-state index in [-0.39, 0.29) is 0 Å². The van der Waals surface area contributed by atoms with Crippen molar-refractivity contribution >= 4 is 0 Å². The van der Waals surface area contributed by atoms with Crippen molar-refractivity contribution in [1.29, 1.82) is 0 Å². The molecule has 0 bridgehead atoms. The second kappa shape index (κ2) is 3.53. The number of nitrogens with zero attached hydrogens (tertiary/aromatic N) is 1. The quantitative estimate of drug-likeness (QED) is 0.717. The molecule has 1 heterocycles. The number of aromatic nitrogens is 1. The first-order valence-corrected chi connectivity index (χ1v) is 3.84. The van der Waals surface area contributed by atoms with Crippen LogP contribution in [0.15, 0.2) is 10.6 Å². The lowest BCUT2D eigenvalue weighted by molar-refractivity contribution is 0.364. The van der Waals surface area contributed by atoms with E-state index in [4.69, 9.17) is 4.52 Å². The smallest absolute Gasteiger partial charge is 0.139 e. The maximum Gasteiger partial charge on any atom is 0.139 e. The summed E-state index contributed by atoms with van der Waals surface area (Å²) in [5.41, 5.74) is 0.969. The highest BCUT2D eigenvalue weighted by atomic mass is 16.5. The molecule has 0 radical (unpaired) electrons. The van der Waals surface area contributed by atoms with Crippen LogP contribution in [-0.4, -0.2) is 12.2 Å². The molecule has 0 spiro atoms. The first-order chi connectivity index (χ1) is 5.24. The highest BCUT2D eigenvalue weighted by Gasteiger charge is 2.05. The highest BCUT2D eigenvalue weighted by molar-refractivity contribution is 5.07. The summed E-state index contributed by atoms with van der Waals surface area (Å²) in [6, 6.07) is 1.99. The van der Waals surface area contributed by atoms with Crippen LogP contribution in [0.2, 0.25) is 0 Å². The molecule has 62 valence electrons. The van der Waals surface area contributed by atoms with E-state index in [0.29, 0.717) is 5.92 Å². The minimum absolute atomic E-state index is 0.424. The van der Waals surface area contributed by atoms with Crippen LogP contribution < -0.4 is 5.32 Å². The van der Waals surface area contributed by atoms with Gasteiger partial charge in [0.15, 0.2) is 0 Å². The van der Waals surface area contributed by atoms with Crippen molar-refractivity contribution < 1.29 is 4.52 Å². The molecule has 0 fully saturated rings. The second-order valence-electron chi connectivity index (χ2n) is 2.91. The fourth-order valence-electron chi connectivity index (χ4n) is 0.865. The average molecular weight is 154 g/mol. The van der Waals surface area contributed by atoms with Gasteiger partial charge in [0.25, 0.3) is 0 Å². The molecule has 1 aromatic heterocycles. The van der Waals surface area contributed by atoms with Gasteiger partial charge in [0.05, 0.1) is 5.69 Å². The third kappa shape index (κ3) is 2.05. The number of nitrogens with one attached hydrogen (secondary N) is 1. The van der Waals surface area contributed by atoms with Gasteiger partial charge in [-0.2, -0.15) is 0 Å². The lowest BCUT2D eigenvalue weighted by Gasteiger charge is -1.93. The number of hydrogen-bond acceptors (Lipinski definition) is 3. The summed E-state index contributed by atoms with van der Waals surface area (Å²) >= 11 is 0. The molecule has 0 amide bonds. The Kier molecular flexibility index (Phi) is 2.65. The minimum Gasteiger partial charge on any atom is -0.361 e. The predicted molar refractivity (Wildman–Crippen MR) is 43.4 cm³/mol. The fourth-order valence-corrected chi connectivity index (χ4v) is 0.865. The van der Waals surface area contributed by atoms with Crippen molar-refractivity contribution in [2.75, 3.05) is 7.05 Å². The van der Waals surface area contributed by atoms with E-state index in [0.717, 1.165) is 18.0 Å². The largest absolute Gasteiger partial charge is 0.361 e. The van der Waals surface area contributed by atoms with Crippen molar-refractivity contribution in [3.63, 3.8) is 0 Å². The van der Waals surface area contributed by atoms with E-state index in [2.05, 4.69) is 24.3 Å². The van der Waals surface area contributed by atoms with E-state index < -0.39 is 0 Å². The van der Waals surface area contributed by atoms with Gasteiger partial charge in [0.2, 0.25) is 0 Å². The molecule has 3 nitrogen and oxygen atoms in total. The summed E-state index contributed by atoms with van der Waals surface area (Å²) in [6.07, 6.45) is 0. The Bertz CT molecular complexity index is 218. The van der Waals surface area contributed by atoms with Gasteiger partial charge in [-0.05, 0) is 7.05 Å². The molecule has 0 unspecified atom stereocenters. The molecule has 1 aromatic rings. The van der Waals surface area contributed by atoms with Gasteiger partial charge in [0.1, 0.15) is 5.76 Å². The Morgan fingerprint density at radius 2 is 2.36 bits per heavy atom. The van der Waals surface area contributed by atoms with Crippen molar-refractivity contribution in [2.24, 2.45) is 0 Å². The molecule has 0 aromatic carbocycles. The summed E-state index contributed by atoms with van der Waals surface area (Å²) in [6.45, 7) is 4.95. The Labute approximate surface area is 66.8 Å². The summed E-state index contributed by atoms with van der Waals surface area (Å²) in [5.74, 6) is 1.38.